The standard InChI is InChI=1S/C22H26N4O2/c27-22(23-18-11-16(18)14-4-2-1-3-5-14)26-12-13-6-9-19(26)17(10-13)21-24-20(25-28-21)15-7-8-15/h1-5,13,15-19H,6-12H2,(H,23,27). The van der Waals surface area contributed by atoms with E-state index in [2.05, 4.69) is 39.6 Å². The van der Waals surface area contributed by atoms with Crippen LogP contribution in [0.25, 0.3) is 0 Å². The van der Waals surface area contributed by atoms with E-state index in [4.69, 9.17) is 9.51 Å². The largest absolute Gasteiger partial charge is 0.339 e. The van der Waals surface area contributed by atoms with Crippen LogP contribution in [0.15, 0.2) is 34.9 Å². The van der Waals surface area contributed by atoms with E-state index in [0.29, 0.717) is 17.8 Å². The fourth-order valence-corrected chi connectivity index (χ4v) is 5.26. The Morgan fingerprint density at radius 1 is 1.07 bits per heavy atom. The van der Waals surface area contributed by atoms with Gasteiger partial charge in [0.15, 0.2) is 5.82 Å². The first-order valence-corrected chi connectivity index (χ1v) is 10.7. The van der Waals surface area contributed by atoms with Gasteiger partial charge >= 0.3 is 6.03 Å². The van der Waals surface area contributed by atoms with Gasteiger partial charge in [0, 0.05) is 30.5 Å². The number of aromatic nitrogens is 2. The van der Waals surface area contributed by atoms with Gasteiger partial charge in [0.2, 0.25) is 5.89 Å². The minimum atomic E-state index is 0.0877. The Hall–Kier alpha value is -2.37. The summed E-state index contributed by atoms with van der Waals surface area (Å²) in [5.41, 5.74) is 1.32. The summed E-state index contributed by atoms with van der Waals surface area (Å²) in [5.74, 6) is 3.32. The third kappa shape index (κ3) is 2.90. The molecule has 1 N–H and O–H groups in total. The summed E-state index contributed by atoms with van der Waals surface area (Å²) in [4.78, 5) is 19.8. The molecule has 3 heterocycles. The number of rotatable bonds is 4. The Kier molecular flexibility index (Phi) is 3.74. The van der Waals surface area contributed by atoms with Crippen LogP contribution in [-0.2, 0) is 0 Å². The highest BCUT2D eigenvalue weighted by Crippen LogP contribution is 2.46. The van der Waals surface area contributed by atoms with Gasteiger partial charge < -0.3 is 14.7 Å². The maximum absolute atomic E-state index is 13.1. The lowest BCUT2D eigenvalue weighted by molar-refractivity contribution is 0.0463. The maximum atomic E-state index is 13.1. The number of amides is 2. The molecule has 1 aromatic heterocycles. The van der Waals surface area contributed by atoms with E-state index in [0.717, 1.165) is 37.5 Å². The highest BCUT2D eigenvalue weighted by molar-refractivity contribution is 5.76. The molecule has 7 rings (SSSR count). The van der Waals surface area contributed by atoms with Gasteiger partial charge in [-0.05, 0) is 50.0 Å². The second kappa shape index (κ2) is 6.33. The molecule has 2 aliphatic heterocycles. The number of hydrogen-bond donors (Lipinski definition) is 1. The normalized spacial score (nSPS) is 33.7. The monoisotopic (exact) mass is 378 g/mol. The average molecular weight is 378 g/mol. The van der Waals surface area contributed by atoms with Crippen molar-refractivity contribution in [3.8, 4) is 0 Å². The van der Waals surface area contributed by atoms with E-state index in [1.54, 1.807) is 0 Å². The molecule has 3 saturated carbocycles. The molecule has 2 aromatic rings. The lowest BCUT2D eigenvalue weighted by atomic mass is 9.72. The highest BCUT2D eigenvalue weighted by atomic mass is 16.5. The Bertz CT molecular complexity index is 878. The van der Waals surface area contributed by atoms with E-state index in [1.807, 2.05) is 6.07 Å². The van der Waals surface area contributed by atoms with Gasteiger partial charge in [-0.15, -0.1) is 0 Å². The lowest BCUT2D eigenvalue weighted by Gasteiger charge is -2.48. The SMILES string of the molecule is O=C(NC1CC1c1ccccc1)N1CC2CCC1C(c1nc(C3CC3)no1)C2. The quantitative estimate of drug-likeness (QED) is 0.879. The topological polar surface area (TPSA) is 71.3 Å². The molecular formula is C22H26N4O2. The van der Waals surface area contributed by atoms with Crippen LogP contribution in [0.1, 0.15) is 73.6 Å². The molecule has 0 radical (unpaired) electrons. The molecule has 2 bridgehead atoms. The third-order valence-corrected chi connectivity index (χ3v) is 7.08. The summed E-state index contributed by atoms with van der Waals surface area (Å²) >= 11 is 0. The molecule has 5 aliphatic rings. The molecule has 28 heavy (non-hydrogen) atoms. The lowest BCUT2D eigenvalue weighted by Crippen LogP contribution is -2.57. The smallest absolute Gasteiger partial charge is 0.317 e. The Morgan fingerprint density at radius 2 is 1.93 bits per heavy atom. The van der Waals surface area contributed by atoms with Gasteiger partial charge in [-0.3, -0.25) is 0 Å². The molecule has 6 nitrogen and oxygen atoms in total. The van der Waals surface area contributed by atoms with E-state index in [1.165, 1.54) is 24.8 Å². The van der Waals surface area contributed by atoms with Crippen LogP contribution in [0, 0.1) is 5.92 Å². The van der Waals surface area contributed by atoms with Crippen molar-refractivity contribution in [2.75, 3.05) is 6.54 Å². The number of carbonyl (C=O) groups excluding carboxylic acids is 1. The minimum Gasteiger partial charge on any atom is -0.339 e. The van der Waals surface area contributed by atoms with Gasteiger partial charge in [-0.2, -0.15) is 4.98 Å². The fraction of sp³-hybridized carbons (Fsp3) is 0.591. The molecule has 146 valence electrons. The second-order valence-electron chi connectivity index (χ2n) is 9.08. The first kappa shape index (κ1) is 16.6. The van der Waals surface area contributed by atoms with Crippen LogP contribution in [0.4, 0.5) is 4.79 Å². The van der Waals surface area contributed by atoms with E-state index in [9.17, 15) is 4.79 Å². The van der Waals surface area contributed by atoms with Gasteiger partial charge in [-0.1, -0.05) is 35.5 Å². The molecule has 5 unspecified atom stereocenters. The second-order valence-corrected chi connectivity index (χ2v) is 9.08. The molecule has 5 atom stereocenters. The molecule has 5 fully saturated rings. The highest BCUT2D eigenvalue weighted by Gasteiger charge is 2.48. The van der Waals surface area contributed by atoms with Gasteiger partial charge in [0.1, 0.15) is 0 Å². The van der Waals surface area contributed by atoms with Gasteiger partial charge in [0.25, 0.3) is 0 Å². The first-order valence-electron chi connectivity index (χ1n) is 10.7. The molecule has 3 aliphatic carbocycles. The van der Waals surface area contributed by atoms with Crippen LogP contribution in [-0.4, -0.2) is 39.7 Å². The van der Waals surface area contributed by atoms with E-state index < -0.39 is 0 Å². The maximum Gasteiger partial charge on any atom is 0.317 e. The summed E-state index contributed by atoms with van der Waals surface area (Å²) in [6, 6.07) is 11.0. The van der Waals surface area contributed by atoms with Crippen LogP contribution >= 0.6 is 0 Å². The molecule has 1 aromatic carbocycles. The fourth-order valence-electron chi connectivity index (χ4n) is 5.26. The van der Waals surface area contributed by atoms with Crippen molar-refractivity contribution >= 4 is 6.03 Å². The number of piperidine rings is 2. The Labute approximate surface area is 164 Å². The van der Waals surface area contributed by atoms with Crippen molar-refractivity contribution < 1.29 is 9.32 Å². The van der Waals surface area contributed by atoms with Gasteiger partial charge in [-0.25, -0.2) is 4.79 Å². The summed E-state index contributed by atoms with van der Waals surface area (Å²) in [7, 11) is 0. The van der Waals surface area contributed by atoms with Crippen LogP contribution in [0.3, 0.4) is 0 Å². The molecule has 0 spiro atoms. The summed E-state index contributed by atoms with van der Waals surface area (Å²) in [6.07, 6.45) is 6.69. The first-order chi connectivity index (χ1) is 13.8. The van der Waals surface area contributed by atoms with Gasteiger partial charge in [0.05, 0.1) is 5.92 Å². The number of hydrogen-bond acceptors (Lipinski definition) is 4. The molecule has 6 heteroatoms. The predicted octanol–water partition coefficient (Wildman–Crippen LogP) is 3.78. The number of urea groups is 1. The molecule has 2 saturated heterocycles. The van der Waals surface area contributed by atoms with Crippen molar-refractivity contribution in [1.82, 2.24) is 20.4 Å². The van der Waals surface area contributed by atoms with Crippen molar-refractivity contribution in [2.45, 2.75) is 68.4 Å². The van der Waals surface area contributed by atoms with Crippen molar-refractivity contribution in [3.63, 3.8) is 0 Å². The predicted molar refractivity (Wildman–Crippen MR) is 103 cm³/mol. The van der Waals surface area contributed by atoms with Crippen molar-refractivity contribution in [2.24, 2.45) is 5.92 Å². The average Bonchev–Trinajstić information content (AvgIpc) is 3.68. The number of carbonyl (C=O) groups is 1. The van der Waals surface area contributed by atoms with Crippen LogP contribution in [0.2, 0.25) is 0 Å². The zero-order valence-corrected chi connectivity index (χ0v) is 16.0. The number of nitrogens with one attached hydrogen (secondary N) is 1. The third-order valence-electron chi connectivity index (χ3n) is 7.08. The van der Waals surface area contributed by atoms with E-state index >= 15 is 0 Å². The summed E-state index contributed by atoms with van der Waals surface area (Å²) < 4.78 is 5.63. The van der Waals surface area contributed by atoms with Crippen molar-refractivity contribution in [3.05, 3.63) is 47.6 Å². The summed E-state index contributed by atoms with van der Waals surface area (Å²) in [6.45, 7) is 0.860. The van der Waals surface area contributed by atoms with Crippen LogP contribution < -0.4 is 5.32 Å². The molecular weight excluding hydrogens is 352 g/mol. The Morgan fingerprint density at radius 3 is 2.71 bits per heavy atom. The number of nitrogens with zero attached hydrogens (tertiary/aromatic N) is 3. The molecule has 2 amide bonds. The number of benzene rings is 1. The number of fused-ring (bicyclic) bond motifs is 3. The summed E-state index contributed by atoms with van der Waals surface area (Å²) in [5, 5.41) is 7.49. The zero-order valence-electron chi connectivity index (χ0n) is 16.0. The Balaban J connectivity index is 1.15. The minimum absolute atomic E-state index is 0.0877. The van der Waals surface area contributed by atoms with Crippen molar-refractivity contribution in [1.29, 1.82) is 0 Å². The zero-order chi connectivity index (χ0) is 18.7. The van der Waals surface area contributed by atoms with E-state index in [-0.39, 0.29) is 24.0 Å². The van der Waals surface area contributed by atoms with Crippen LogP contribution in [0.5, 0.6) is 0 Å².